The number of nitrogens with one attached hydrogen (secondary N) is 2. The summed E-state index contributed by atoms with van der Waals surface area (Å²) in [5, 5.41) is 18.7. The van der Waals surface area contributed by atoms with Gasteiger partial charge in [0.05, 0.1) is 12.2 Å². The van der Waals surface area contributed by atoms with Crippen LogP contribution in [0.1, 0.15) is 11.4 Å². The topological polar surface area (TPSA) is 114 Å². The number of ether oxygens (including phenoxy) is 1. The summed E-state index contributed by atoms with van der Waals surface area (Å²) < 4.78 is 6.55. The van der Waals surface area contributed by atoms with Crippen LogP contribution in [-0.4, -0.2) is 56.6 Å². The summed E-state index contributed by atoms with van der Waals surface area (Å²) in [6.45, 7) is 4.60. The summed E-state index contributed by atoms with van der Waals surface area (Å²) in [6.07, 6.45) is -0.463. The largest absolute Gasteiger partial charge is 0.448 e. The quantitative estimate of drug-likeness (QED) is 0.645. The molecular formula is C20H21N7O3. The van der Waals surface area contributed by atoms with Crippen molar-refractivity contribution in [1.29, 1.82) is 0 Å². The molecule has 1 fully saturated rings. The lowest BCUT2D eigenvalue weighted by molar-refractivity contribution is -0.116. The molecule has 1 saturated heterocycles. The van der Waals surface area contributed by atoms with Crippen LogP contribution in [0.5, 0.6) is 0 Å². The molecule has 10 heteroatoms. The zero-order chi connectivity index (χ0) is 21.1. The minimum Gasteiger partial charge on any atom is -0.448 e. The van der Waals surface area contributed by atoms with Gasteiger partial charge in [0.1, 0.15) is 13.2 Å². The monoisotopic (exact) mass is 407 g/mol. The number of rotatable bonds is 6. The molecule has 0 saturated carbocycles. The normalized spacial score (nSPS) is 13.3. The van der Waals surface area contributed by atoms with Gasteiger partial charge in [0.15, 0.2) is 11.6 Å². The molecule has 0 unspecified atom stereocenters. The van der Waals surface area contributed by atoms with E-state index in [-0.39, 0.29) is 12.5 Å². The minimum absolute atomic E-state index is 0.0317. The lowest BCUT2D eigenvalue weighted by Gasteiger charge is -2.12. The standard InChI is InChI=1S/C20H21N7O3/c1-13-11-14(2)27(25-13)18-8-7-17(23-24-18)21-15-3-5-16(6-4-15)22-19(28)12-26-9-10-30-20(26)29/h3-8,11H,9-10,12H2,1-2H3,(H,21,23)(H,22,28). The van der Waals surface area contributed by atoms with E-state index in [1.807, 2.05) is 44.2 Å². The highest BCUT2D eigenvalue weighted by molar-refractivity contribution is 5.94. The number of amides is 2. The number of hydrogen-bond donors (Lipinski definition) is 2. The first-order valence-electron chi connectivity index (χ1n) is 9.44. The predicted octanol–water partition coefficient (Wildman–Crippen LogP) is 2.41. The molecule has 30 heavy (non-hydrogen) atoms. The van der Waals surface area contributed by atoms with Crippen LogP contribution in [0.4, 0.5) is 22.0 Å². The van der Waals surface area contributed by atoms with Gasteiger partial charge in [-0.05, 0) is 56.3 Å². The smallest absolute Gasteiger partial charge is 0.410 e. The maximum atomic E-state index is 12.1. The van der Waals surface area contributed by atoms with Gasteiger partial charge in [-0.2, -0.15) is 5.10 Å². The van der Waals surface area contributed by atoms with E-state index in [0.717, 1.165) is 17.1 Å². The van der Waals surface area contributed by atoms with Crippen LogP contribution in [0.15, 0.2) is 42.5 Å². The van der Waals surface area contributed by atoms with Gasteiger partial charge < -0.3 is 15.4 Å². The van der Waals surface area contributed by atoms with Gasteiger partial charge in [-0.3, -0.25) is 9.69 Å². The van der Waals surface area contributed by atoms with Crippen molar-refractivity contribution >= 4 is 29.2 Å². The molecular weight excluding hydrogens is 386 g/mol. The molecule has 2 aromatic heterocycles. The molecule has 4 rings (SSSR count). The van der Waals surface area contributed by atoms with Crippen molar-refractivity contribution in [1.82, 2.24) is 24.9 Å². The fourth-order valence-corrected chi connectivity index (χ4v) is 3.09. The number of cyclic esters (lactones) is 1. The molecule has 1 aliphatic heterocycles. The zero-order valence-electron chi connectivity index (χ0n) is 16.6. The third-order valence-electron chi connectivity index (χ3n) is 4.50. The summed E-state index contributed by atoms with van der Waals surface area (Å²) in [4.78, 5) is 24.8. The van der Waals surface area contributed by atoms with E-state index >= 15 is 0 Å². The maximum absolute atomic E-state index is 12.1. The van der Waals surface area contributed by atoms with Crippen molar-refractivity contribution in [3.8, 4) is 5.82 Å². The molecule has 0 radical (unpaired) electrons. The van der Waals surface area contributed by atoms with Crippen molar-refractivity contribution < 1.29 is 14.3 Å². The van der Waals surface area contributed by atoms with Crippen molar-refractivity contribution in [3.05, 3.63) is 53.9 Å². The summed E-state index contributed by atoms with van der Waals surface area (Å²) >= 11 is 0. The second kappa shape index (κ2) is 8.19. The van der Waals surface area contributed by atoms with E-state index in [1.54, 1.807) is 16.8 Å². The first-order valence-corrected chi connectivity index (χ1v) is 9.44. The summed E-state index contributed by atoms with van der Waals surface area (Å²) in [6, 6.07) is 12.8. The fraction of sp³-hybridized carbons (Fsp3) is 0.250. The van der Waals surface area contributed by atoms with Crippen molar-refractivity contribution in [2.75, 3.05) is 30.3 Å². The highest BCUT2D eigenvalue weighted by Gasteiger charge is 2.24. The first kappa shape index (κ1) is 19.4. The van der Waals surface area contributed by atoms with Gasteiger partial charge >= 0.3 is 6.09 Å². The Morgan fingerprint density at radius 2 is 1.87 bits per heavy atom. The van der Waals surface area contributed by atoms with Crippen molar-refractivity contribution in [2.24, 2.45) is 0 Å². The summed E-state index contributed by atoms with van der Waals surface area (Å²) in [5.41, 5.74) is 3.33. The molecule has 10 nitrogen and oxygen atoms in total. The molecule has 0 bridgehead atoms. The number of aromatic nitrogens is 4. The maximum Gasteiger partial charge on any atom is 0.410 e. The number of carbonyl (C=O) groups excluding carboxylic acids is 2. The molecule has 1 aromatic carbocycles. The van der Waals surface area contributed by atoms with E-state index in [4.69, 9.17) is 4.74 Å². The highest BCUT2D eigenvalue weighted by atomic mass is 16.6. The van der Waals surface area contributed by atoms with Crippen LogP contribution in [0.3, 0.4) is 0 Å². The summed E-state index contributed by atoms with van der Waals surface area (Å²) in [5.74, 6) is 0.955. The van der Waals surface area contributed by atoms with E-state index in [1.165, 1.54) is 4.90 Å². The Morgan fingerprint density at radius 1 is 1.10 bits per heavy atom. The second-order valence-corrected chi connectivity index (χ2v) is 6.90. The average molecular weight is 407 g/mol. The number of nitrogens with zero attached hydrogens (tertiary/aromatic N) is 5. The van der Waals surface area contributed by atoms with Crippen LogP contribution in [0, 0.1) is 13.8 Å². The van der Waals surface area contributed by atoms with Gasteiger partial charge in [0.2, 0.25) is 5.91 Å². The van der Waals surface area contributed by atoms with Gasteiger partial charge in [0, 0.05) is 17.1 Å². The Morgan fingerprint density at radius 3 is 2.47 bits per heavy atom. The lowest BCUT2D eigenvalue weighted by Crippen LogP contribution is -2.33. The van der Waals surface area contributed by atoms with Crippen LogP contribution < -0.4 is 10.6 Å². The van der Waals surface area contributed by atoms with Gasteiger partial charge in [-0.1, -0.05) is 0 Å². The predicted molar refractivity (Wildman–Crippen MR) is 110 cm³/mol. The van der Waals surface area contributed by atoms with E-state index in [2.05, 4.69) is 25.9 Å². The van der Waals surface area contributed by atoms with Crippen molar-refractivity contribution in [3.63, 3.8) is 0 Å². The molecule has 0 aliphatic carbocycles. The third kappa shape index (κ3) is 4.37. The van der Waals surface area contributed by atoms with E-state index < -0.39 is 6.09 Å². The highest BCUT2D eigenvalue weighted by Crippen LogP contribution is 2.18. The average Bonchev–Trinajstić information content (AvgIpc) is 3.28. The second-order valence-electron chi connectivity index (χ2n) is 6.90. The Bertz CT molecular complexity index is 1060. The van der Waals surface area contributed by atoms with Crippen LogP contribution in [0.2, 0.25) is 0 Å². The molecule has 0 atom stereocenters. The lowest BCUT2D eigenvalue weighted by atomic mass is 10.2. The van der Waals surface area contributed by atoms with E-state index in [0.29, 0.717) is 30.5 Å². The zero-order valence-corrected chi connectivity index (χ0v) is 16.6. The van der Waals surface area contributed by atoms with Crippen LogP contribution in [0.25, 0.3) is 5.82 Å². The number of aryl methyl sites for hydroxylation is 2. The van der Waals surface area contributed by atoms with Gasteiger partial charge in [0.25, 0.3) is 0 Å². The molecule has 2 N–H and O–H groups in total. The Hall–Kier alpha value is -3.95. The minimum atomic E-state index is -0.463. The molecule has 3 aromatic rings. The van der Waals surface area contributed by atoms with Gasteiger partial charge in [-0.25, -0.2) is 9.48 Å². The van der Waals surface area contributed by atoms with Gasteiger partial charge in [-0.15, -0.1) is 10.2 Å². The first-order chi connectivity index (χ1) is 14.5. The third-order valence-corrected chi connectivity index (χ3v) is 4.50. The molecule has 154 valence electrons. The van der Waals surface area contributed by atoms with Crippen LogP contribution >= 0.6 is 0 Å². The number of benzene rings is 1. The van der Waals surface area contributed by atoms with E-state index in [9.17, 15) is 9.59 Å². The number of hydrogen-bond acceptors (Lipinski definition) is 7. The Labute approximate surface area is 172 Å². The Balaban J connectivity index is 1.34. The van der Waals surface area contributed by atoms with Crippen LogP contribution in [-0.2, 0) is 9.53 Å². The van der Waals surface area contributed by atoms with Crippen molar-refractivity contribution in [2.45, 2.75) is 13.8 Å². The fourth-order valence-electron chi connectivity index (χ4n) is 3.09. The molecule has 1 aliphatic rings. The Kier molecular flexibility index (Phi) is 5.29. The molecule has 2 amide bonds. The number of carbonyl (C=O) groups is 2. The SMILES string of the molecule is Cc1cc(C)n(-c2ccc(Nc3ccc(NC(=O)CN4CCOC4=O)cc3)nn2)n1. The number of anilines is 3. The summed E-state index contributed by atoms with van der Waals surface area (Å²) in [7, 11) is 0. The molecule has 0 spiro atoms. The molecule has 3 heterocycles.